The van der Waals surface area contributed by atoms with Gasteiger partial charge in [0.2, 0.25) is 0 Å². The van der Waals surface area contributed by atoms with E-state index in [1.54, 1.807) is 19.2 Å². The molecule has 1 aromatic carbocycles. The Morgan fingerprint density at radius 1 is 1.53 bits per heavy atom. The Morgan fingerprint density at radius 2 is 2.32 bits per heavy atom. The summed E-state index contributed by atoms with van der Waals surface area (Å²) in [4.78, 5) is 10.3. The lowest BCUT2D eigenvalue weighted by Crippen LogP contribution is -2.60. The number of nitrogens with one attached hydrogen (secondary N) is 1. The molecule has 0 saturated heterocycles. The number of methoxy groups -OCH3 is 1. The molecule has 3 atom stereocenters. The molecule has 0 radical (unpaired) electrons. The fourth-order valence-corrected chi connectivity index (χ4v) is 2.32. The molecule has 1 saturated carbocycles. The van der Waals surface area contributed by atoms with Gasteiger partial charge in [0, 0.05) is 25.6 Å². The number of ether oxygens (including phenoxy) is 2. The molecule has 0 amide bonds. The minimum absolute atomic E-state index is 0.0146. The molecule has 1 fully saturated rings. The molecule has 0 bridgehead atoms. The zero-order chi connectivity index (χ0) is 13.8. The van der Waals surface area contributed by atoms with Crippen molar-refractivity contribution in [3.63, 3.8) is 0 Å². The van der Waals surface area contributed by atoms with Crippen molar-refractivity contribution in [1.82, 2.24) is 5.32 Å². The number of likely N-dealkylation sites (N-methyl/N-ethyl adjacent to an activating group) is 1. The molecule has 0 heterocycles. The second-order valence-corrected chi connectivity index (χ2v) is 4.51. The highest BCUT2D eigenvalue weighted by atomic mass is 16.6. The second kappa shape index (κ2) is 5.99. The van der Waals surface area contributed by atoms with Crippen molar-refractivity contribution in [2.75, 3.05) is 13.7 Å². The highest BCUT2D eigenvalue weighted by Gasteiger charge is 2.42. The van der Waals surface area contributed by atoms with E-state index in [4.69, 9.17) is 9.47 Å². The average Bonchev–Trinajstić information content (AvgIpc) is 2.38. The van der Waals surface area contributed by atoms with Crippen LogP contribution in [0.4, 0.5) is 5.69 Å². The first-order valence-corrected chi connectivity index (χ1v) is 6.33. The third-order valence-electron chi connectivity index (χ3n) is 3.30. The van der Waals surface area contributed by atoms with Crippen molar-refractivity contribution in [3.05, 3.63) is 34.4 Å². The normalized spacial score (nSPS) is 25.7. The van der Waals surface area contributed by atoms with Gasteiger partial charge in [-0.25, -0.2) is 0 Å². The topological polar surface area (TPSA) is 73.6 Å². The summed E-state index contributed by atoms with van der Waals surface area (Å²) in [5.41, 5.74) is 0.0361. The number of nitrogens with zero attached hydrogens (tertiary/aromatic N) is 1. The van der Waals surface area contributed by atoms with Gasteiger partial charge in [0.15, 0.2) is 0 Å². The van der Waals surface area contributed by atoms with Crippen LogP contribution in [-0.2, 0) is 4.74 Å². The monoisotopic (exact) mass is 266 g/mol. The number of nitro groups is 1. The first kappa shape index (κ1) is 13.8. The molecule has 19 heavy (non-hydrogen) atoms. The number of benzene rings is 1. The predicted octanol–water partition coefficient (Wildman–Crippen LogP) is 1.74. The first-order chi connectivity index (χ1) is 9.15. The van der Waals surface area contributed by atoms with Crippen LogP contribution < -0.4 is 10.1 Å². The van der Waals surface area contributed by atoms with Gasteiger partial charge in [0.25, 0.3) is 5.69 Å². The third-order valence-corrected chi connectivity index (χ3v) is 3.30. The van der Waals surface area contributed by atoms with Crippen molar-refractivity contribution in [2.45, 2.75) is 31.6 Å². The van der Waals surface area contributed by atoms with E-state index in [-0.39, 0.29) is 17.9 Å². The molecule has 3 unspecified atom stereocenters. The van der Waals surface area contributed by atoms with Gasteiger partial charge < -0.3 is 14.8 Å². The molecule has 2 rings (SSSR count). The van der Waals surface area contributed by atoms with E-state index in [9.17, 15) is 10.1 Å². The molecule has 1 aromatic rings. The molecule has 6 heteroatoms. The molecule has 1 aliphatic carbocycles. The second-order valence-electron chi connectivity index (χ2n) is 4.51. The van der Waals surface area contributed by atoms with Crippen molar-refractivity contribution in [1.29, 1.82) is 0 Å². The van der Waals surface area contributed by atoms with E-state index in [0.29, 0.717) is 11.8 Å². The lowest BCUT2D eigenvalue weighted by molar-refractivity contribution is -0.385. The number of hydrogen-bond acceptors (Lipinski definition) is 5. The quantitative estimate of drug-likeness (QED) is 0.627. The maximum absolute atomic E-state index is 10.7. The van der Waals surface area contributed by atoms with Crippen molar-refractivity contribution >= 4 is 5.69 Å². The Hall–Kier alpha value is -1.66. The van der Waals surface area contributed by atoms with Gasteiger partial charge in [-0.2, -0.15) is 0 Å². The van der Waals surface area contributed by atoms with Crippen LogP contribution in [0.25, 0.3) is 0 Å². The van der Waals surface area contributed by atoms with Gasteiger partial charge >= 0.3 is 0 Å². The summed E-state index contributed by atoms with van der Waals surface area (Å²) in [6, 6.07) is 6.52. The van der Waals surface area contributed by atoms with Crippen LogP contribution in [0.15, 0.2) is 24.3 Å². The predicted molar refractivity (Wildman–Crippen MR) is 70.4 cm³/mol. The largest absolute Gasteiger partial charge is 0.487 e. The minimum Gasteiger partial charge on any atom is -0.487 e. The van der Waals surface area contributed by atoms with Crippen molar-refractivity contribution in [3.8, 4) is 5.75 Å². The minimum atomic E-state index is -0.428. The molecule has 104 valence electrons. The van der Waals surface area contributed by atoms with Gasteiger partial charge in [-0.1, -0.05) is 13.0 Å². The van der Waals surface area contributed by atoms with Gasteiger partial charge in [-0.15, -0.1) is 0 Å². The lowest BCUT2D eigenvalue weighted by atomic mass is 9.85. The summed E-state index contributed by atoms with van der Waals surface area (Å²) in [5.74, 6) is 0.510. The number of hydrogen-bond donors (Lipinski definition) is 1. The first-order valence-electron chi connectivity index (χ1n) is 6.33. The van der Waals surface area contributed by atoms with Crippen molar-refractivity contribution in [2.24, 2.45) is 0 Å². The van der Waals surface area contributed by atoms with E-state index in [2.05, 4.69) is 5.32 Å². The van der Waals surface area contributed by atoms with Crippen LogP contribution in [0, 0.1) is 10.1 Å². The summed E-state index contributed by atoms with van der Waals surface area (Å²) >= 11 is 0. The van der Waals surface area contributed by atoms with E-state index in [0.717, 1.165) is 13.0 Å². The molecule has 6 nitrogen and oxygen atoms in total. The van der Waals surface area contributed by atoms with Gasteiger partial charge in [-0.05, 0) is 12.6 Å². The third kappa shape index (κ3) is 3.02. The summed E-state index contributed by atoms with van der Waals surface area (Å²) in [5, 5.41) is 14.0. The fourth-order valence-electron chi connectivity index (χ4n) is 2.32. The van der Waals surface area contributed by atoms with Gasteiger partial charge in [-0.3, -0.25) is 10.1 Å². The zero-order valence-corrected chi connectivity index (χ0v) is 11.0. The standard InChI is InChI=1S/C13H18N2O4/c1-3-14-11-8-12(13(11)18-2)19-10-6-4-5-9(7-10)15(16)17/h4-7,11-14H,3,8H2,1-2H3. The molecular formula is C13H18N2O4. The maximum Gasteiger partial charge on any atom is 0.273 e. The Balaban J connectivity index is 1.98. The Kier molecular flexibility index (Phi) is 4.34. The van der Waals surface area contributed by atoms with E-state index in [1.165, 1.54) is 12.1 Å². The van der Waals surface area contributed by atoms with E-state index in [1.807, 2.05) is 6.92 Å². The molecule has 1 N–H and O–H groups in total. The molecule has 0 aromatic heterocycles. The van der Waals surface area contributed by atoms with Crippen LogP contribution in [0.3, 0.4) is 0 Å². The summed E-state index contributed by atoms with van der Waals surface area (Å²) in [6.45, 7) is 2.93. The zero-order valence-electron chi connectivity index (χ0n) is 11.0. The van der Waals surface area contributed by atoms with Crippen LogP contribution in [0.5, 0.6) is 5.75 Å². The Morgan fingerprint density at radius 3 is 2.95 bits per heavy atom. The van der Waals surface area contributed by atoms with Crippen molar-refractivity contribution < 1.29 is 14.4 Å². The van der Waals surface area contributed by atoms with Gasteiger partial charge in [0.1, 0.15) is 18.0 Å². The smallest absolute Gasteiger partial charge is 0.273 e. The highest BCUT2D eigenvalue weighted by molar-refractivity contribution is 5.38. The molecular weight excluding hydrogens is 248 g/mol. The average molecular weight is 266 g/mol. The Bertz CT molecular complexity index is 452. The highest BCUT2D eigenvalue weighted by Crippen LogP contribution is 2.30. The van der Waals surface area contributed by atoms with E-state index < -0.39 is 4.92 Å². The van der Waals surface area contributed by atoms with Crippen LogP contribution >= 0.6 is 0 Å². The summed E-state index contributed by atoms with van der Waals surface area (Å²) < 4.78 is 11.1. The number of nitro benzene ring substituents is 1. The molecule has 1 aliphatic rings. The van der Waals surface area contributed by atoms with Crippen LogP contribution in [0.2, 0.25) is 0 Å². The lowest BCUT2D eigenvalue weighted by Gasteiger charge is -2.43. The summed E-state index contributed by atoms with van der Waals surface area (Å²) in [7, 11) is 1.65. The van der Waals surface area contributed by atoms with E-state index >= 15 is 0 Å². The summed E-state index contributed by atoms with van der Waals surface area (Å²) in [6.07, 6.45) is 0.768. The maximum atomic E-state index is 10.7. The van der Waals surface area contributed by atoms with Crippen LogP contribution in [-0.4, -0.2) is 36.8 Å². The molecule has 0 aliphatic heterocycles. The fraction of sp³-hybridized carbons (Fsp3) is 0.538. The Labute approximate surface area is 111 Å². The number of non-ortho nitro benzene ring substituents is 1. The van der Waals surface area contributed by atoms with Crippen LogP contribution in [0.1, 0.15) is 13.3 Å². The van der Waals surface area contributed by atoms with Gasteiger partial charge in [0.05, 0.1) is 11.0 Å². The number of rotatable bonds is 6. The molecule has 0 spiro atoms. The SMILES string of the molecule is CCNC1CC(Oc2cccc([N+](=O)[O-])c2)C1OC.